The molecule has 0 saturated heterocycles. The third-order valence-corrected chi connectivity index (χ3v) is 2.08. The molecule has 0 bridgehead atoms. The van der Waals surface area contributed by atoms with Gasteiger partial charge in [0.25, 0.3) is 0 Å². The second-order valence-corrected chi connectivity index (χ2v) is 2.95. The number of rotatable bonds is 2. The predicted octanol–water partition coefficient (Wildman–Crippen LogP) is 3.26. The standard InChI is InChI=1S/C10H12Cl/c1-3-8-5-6-10(11)7-9(8)4-2/h5,7H,3-4H2,1-2H3. The van der Waals surface area contributed by atoms with Gasteiger partial charge in [-0.15, -0.1) is 0 Å². The van der Waals surface area contributed by atoms with E-state index in [1.165, 1.54) is 11.1 Å². The third kappa shape index (κ3) is 1.97. The van der Waals surface area contributed by atoms with Gasteiger partial charge in [0.2, 0.25) is 0 Å². The lowest BCUT2D eigenvalue weighted by molar-refractivity contribution is 1.04. The molecule has 0 heterocycles. The molecule has 1 radical (unpaired) electrons. The van der Waals surface area contributed by atoms with Crippen LogP contribution < -0.4 is 0 Å². The van der Waals surface area contributed by atoms with Crippen molar-refractivity contribution < 1.29 is 0 Å². The lowest BCUT2D eigenvalue weighted by atomic mass is 10.0. The number of benzene rings is 1. The normalized spacial score (nSPS) is 10.1. The van der Waals surface area contributed by atoms with Crippen LogP contribution in [0.3, 0.4) is 0 Å². The quantitative estimate of drug-likeness (QED) is 0.635. The largest absolute Gasteiger partial charge is 0.0837 e. The van der Waals surface area contributed by atoms with Crippen molar-refractivity contribution in [1.82, 2.24) is 0 Å². The molecule has 0 aliphatic heterocycles. The number of hydrogen-bond donors (Lipinski definition) is 0. The molecule has 0 saturated carbocycles. The maximum Gasteiger partial charge on any atom is 0.0487 e. The van der Waals surface area contributed by atoms with Crippen LogP contribution in [0.15, 0.2) is 12.1 Å². The van der Waals surface area contributed by atoms with Gasteiger partial charge in [0, 0.05) is 11.1 Å². The fourth-order valence-corrected chi connectivity index (χ4v) is 1.38. The van der Waals surface area contributed by atoms with Crippen LogP contribution in [0.4, 0.5) is 0 Å². The van der Waals surface area contributed by atoms with Crippen LogP contribution in [0.25, 0.3) is 0 Å². The molecule has 59 valence electrons. The van der Waals surface area contributed by atoms with Gasteiger partial charge in [-0.2, -0.15) is 0 Å². The first-order valence-corrected chi connectivity index (χ1v) is 4.34. The molecule has 0 aliphatic carbocycles. The molecule has 0 fully saturated rings. The molecule has 0 amide bonds. The summed E-state index contributed by atoms with van der Waals surface area (Å²) < 4.78 is 0. The highest BCUT2D eigenvalue weighted by atomic mass is 35.5. The maximum atomic E-state index is 5.80. The number of halogens is 1. The first-order chi connectivity index (χ1) is 5.27. The summed E-state index contributed by atoms with van der Waals surface area (Å²) in [5.41, 5.74) is 2.70. The van der Waals surface area contributed by atoms with E-state index in [1.807, 2.05) is 12.1 Å². The van der Waals surface area contributed by atoms with Crippen LogP contribution >= 0.6 is 11.6 Å². The van der Waals surface area contributed by atoms with Crippen LogP contribution in [-0.2, 0) is 12.8 Å². The lowest BCUT2D eigenvalue weighted by Crippen LogP contribution is -1.89. The number of aryl methyl sites for hydroxylation is 2. The van der Waals surface area contributed by atoms with Gasteiger partial charge in [-0.1, -0.05) is 25.4 Å². The Balaban J connectivity index is 3.06. The minimum atomic E-state index is 0.721. The van der Waals surface area contributed by atoms with E-state index < -0.39 is 0 Å². The average Bonchev–Trinajstić information content (AvgIpc) is 2.04. The molecule has 1 aromatic carbocycles. The first kappa shape index (κ1) is 8.61. The SMILES string of the molecule is CCc1c[c]c(Cl)cc1CC. The van der Waals surface area contributed by atoms with Crippen molar-refractivity contribution in [2.75, 3.05) is 0 Å². The van der Waals surface area contributed by atoms with Crippen LogP contribution in [0.5, 0.6) is 0 Å². The van der Waals surface area contributed by atoms with E-state index >= 15 is 0 Å². The predicted molar refractivity (Wildman–Crippen MR) is 49.0 cm³/mol. The highest BCUT2D eigenvalue weighted by Gasteiger charge is 1.98. The van der Waals surface area contributed by atoms with Gasteiger partial charge in [-0.05, 0) is 36.1 Å². The molecule has 1 aromatic rings. The third-order valence-electron chi connectivity index (χ3n) is 1.86. The Morgan fingerprint density at radius 2 is 1.91 bits per heavy atom. The summed E-state index contributed by atoms with van der Waals surface area (Å²) in [5.74, 6) is 0. The Bertz CT molecular complexity index is 241. The summed E-state index contributed by atoms with van der Waals surface area (Å²) in [7, 11) is 0. The molecular weight excluding hydrogens is 156 g/mol. The van der Waals surface area contributed by atoms with Crippen molar-refractivity contribution in [3.8, 4) is 0 Å². The van der Waals surface area contributed by atoms with Crippen LogP contribution in [-0.4, -0.2) is 0 Å². The zero-order chi connectivity index (χ0) is 8.27. The lowest BCUT2D eigenvalue weighted by Gasteiger charge is -2.04. The average molecular weight is 168 g/mol. The van der Waals surface area contributed by atoms with Crippen molar-refractivity contribution in [2.45, 2.75) is 26.7 Å². The van der Waals surface area contributed by atoms with Crippen LogP contribution in [0.2, 0.25) is 5.02 Å². The van der Waals surface area contributed by atoms with E-state index in [0.29, 0.717) is 0 Å². The summed E-state index contributed by atoms with van der Waals surface area (Å²) >= 11 is 5.80. The van der Waals surface area contributed by atoms with Crippen molar-refractivity contribution >= 4 is 11.6 Å². The topological polar surface area (TPSA) is 0 Å². The second kappa shape index (κ2) is 3.77. The maximum absolute atomic E-state index is 5.80. The Kier molecular flexibility index (Phi) is 2.95. The van der Waals surface area contributed by atoms with Crippen molar-refractivity contribution in [3.05, 3.63) is 34.3 Å². The van der Waals surface area contributed by atoms with E-state index in [9.17, 15) is 0 Å². The molecule has 1 rings (SSSR count). The van der Waals surface area contributed by atoms with E-state index in [1.54, 1.807) is 0 Å². The molecule has 0 N–H and O–H groups in total. The summed E-state index contributed by atoms with van der Waals surface area (Å²) in [6.45, 7) is 4.29. The monoisotopic (exact) mass is 167 g/mol. The zero-order valence-electron chi connectivity index (χ0n) is 6.95. The molecular formula is C10H12Cl. The van der Waals surface area contributed by atoms with Gasteiger partial charge in [0.15, 0.2) is 0 Å². The molecule has 1 heteroatoms. The van der Waals surface area contributed by atoms with Gasteiger partial charge >= 0.3 is 0 Å². The van der Waals surface area contributed by atoms with Crippen LogP contribution in [0.1, 0.15) is 25.0 Å². The van der Waals surface area contributed by atoms with Crippen LogP contribution in [0, 0.1) is 6.07 Å². The van der Waals surface area contributed by atoms with E-state index in [-0.39, 0.29) is 0 Å². The van der Waals surface area contributed by atoms with E-state index in [4.69, 9.17) is 11.6 Å². The first-order valence-electron chi connectivity index (χ1n) is 3.97. The molecule has 0 aliphatic rings. The smallest absolute Gasteiger partial charge is 0.0487 e. The van der Waals surface area contributed by atoms with Gasteiger partial charge in [-0.3, -0.25) is 0 Å². The Hall–Kier alpha value is -0.490. The molecule has 0 unspecified atom stereocenters. The summed E-state index contributed by atoms with van der Waals surface area (Å²) in [5, 5.41) is 0.721. The molecule has 11 heavy (non-hydrogen) atoms. The number of hydrogen-bond acceptors (Lipinski definition) is 0. The van der Waals surface area contributed by atoms with Gasteiger partial charge < -0.3 is 0 Å². The fraction of sp³-hybridized carbons (Fsp3) is 0.400. The zero-order valence-corrected chi connectivity index (χ0v) is 7.70. The Morgan fingerprint density at radius 3 is 2.45 bits per heavy atom. The van der Waals surface area contributed by atoms with Gasteiger partial charge in [0.1, 0.15) is 0 Å². The molecule has 0 atom stereocenters. The highest BCUT2D eigenvalue weighted by molar-refractivity contribution is 6.30. The van der Waals surface area contributed by atoms with Crippen molar-refractivity contribution in [1.29, 1.82) is 0 Å². The van der Waals surface area contributed by atoms with E-state index in [0.717, 1.165) is 17.9 Å². The van der Waals surface area contributed by atoms with Gasteiger partial charge in [-0.25, -0.2) is 0 Å². The minimum Gasteiger partial charge on any atom is -0.0837 e. The molecule has 0 nitrogen and oxygen atoms in total. The Labute approximate surface area is 73.2 Å². The Morgan fingerprint density at radius 1 is 1.27 bits per heavy atom. The molecule has 0 aromatic heterocycles. The van der Waals surface area contributed by atoms with Crippen molar-refractivity contribution in [2.24, 2.45) is 0 Å². The fourth-order valence-electron chi connectivity index (χ4n) is 1.19. The second-order valence-electron chi connectivity index (χ2n) is 2.54. The van der Waals surface area contributed by atoms with Gasteiger partial charge in [0.05, 0.1) is 0 Å². The molecule has 0 spiro atoms. The summed E-state index contributed by atoms with van der Waals surface area (Å²) in [4.78, 5) is 0. The highest BCUT2D eigenvalue weighted by Crippen LogP contribution is 2.16. The summed E-state index contributed by atoms with van der Waals surface area (Å²) in [6, 6.07) is 6.98. The summed E-state index contributed by atoms with van der Waals surface area (Å²) in [6.07, 6.45) is 2.12. The van der Waals surface area contributed by atoms with Crippen molar-refractivity contribution in [3.63, 3.8) is 0 Å². The van der Waals surface area contributed by atoms with E-state index in [2.05, 4.69) is 19.9 Å². The minimum absolute atomic E-state index is 0.721.